The molecule has 2 atom stereocenters. The van der Waals surface area contributed by atoms with Crippen molar-refractivity contribution >= 4 is 0 Å². The molecule has 0 bridgehead atoms. The topological polar surface area (TPSA) is 35.2 Å². The molecule has 2 N–H and O–H groups in total. The van der Waals surface area contributed by atoms with Gasteiger partial charge in [-0.25, -0.2) is 0 Å². The Labute approximate surface area is 125 Å². The first-order valence-electron chi connectivity index (χ1n) is 7.83. The lowest BCUT2D eigenvalue weighted by Crippen LogP contribution is -2.24. The predicted molar refractivity (Wildman–Crippen MR) is 84.5 cm³/mol. The Kier molecular flexibility index (Phi) is 3.00. The standard InChI is InChI=1S/C19H21NO/c1-12-2-9-18-16(10-12)17(20)11-19(21-18)15-7-5-14(6-8-15)13-3-4-13/h2,5-10,13,17,19H,3-4,11,20H2,1H3/t17-,19?/m0/s1. The van der Waals surface area contributed by atoms with Gasteiger partial charge < -0.3 is 10.5 Å². The van der Waals surface area contributed by atoms with E-state index in [-0.39, 0.29) is 12.1 Å². The van der Waals surface area contributed by atoms with Gasteiger partial charge >= 0.3 is 0 Å². The van der Waals surface area contributed by atoms with Crippen molar-refractivity contribution in [2.24, 2.45) is 5.73 Å². The lowest BCUT2D eigenvalue weighted by molar-refractivity contribution is 0.161. The molecule has 0 aromatic heterocycles. The molecule has 21 heavy (non-hydrogen) atoms. The minimum absolute atomic E-state index is 0.0572. The second kappa shape index (κ2) is 4.88. The molecule has 1 aliphatic carbocycles. The summed E-state index contributed by atoms with van der Waals surface area (Å²) in [5.41, 5.74) is 11.4. The van der Waals surface area contributed by atoms with Crippen molar-refractivity contribution in [1.82, 2.24) is 0 Å². The maximum absolute atomic E-state index is 6.35. The van der Waals surface area contributed by atoms with E-state index >= 15 is 0 Å². The van der Waals surface area contributed by atoms with Crippen LogP contribution in [-0.2, 0) is 0 Å². The molecular formula is C19H21NO. The Hall–Kier alpha value is -1.80. The zero-order valence-electron chi connectivity index (χ0n) is 12.4. The van der Waals surface area contributed by atoms with E-state index in [9.17, 15) is 0 Å². The van der Waals surface area contributed by atoms with Gasteiger partial charge in [0.1, 0.15) is 11.9 Å². The van der Waals surface area contributed by atoms with Gasteiger partial charge in [-0.3, -0.25) is 0 Å². The molecule has 1 aliphatic heterocycles. The summed E-state index contributed by atoms with van der Waals surface area (Å²) in [6, 6.07) is 15.3. The highest BCUT2D eigenvalue weighted by Gasteiger charge is 2.28. The van der Waals surface area contributed by atoms with E-state index in [0.29, 0.717) is 0 Å². The summed E-state index contributed by atoms with van der Waals surface area (Å²) >= 11 is 0. The van der Waals surface area contributed by atoms with Gasteiger partial charge in [0, 0.05) is 18.0 Å². The summed E-state index contributed by atoms with van der Waals surface area (Å²) < 4.78 is 6.18. The molecule has 2 aromatic rings. The van der Waals surface area contributed by atoms with Crippen molar-refractivity contribution in [2.75, 3.05) is 0 Å². The number of nitrogens with two attached hydrogens (primary N) is 1. The van der Waals surface area contributed by atoms with E-state index in [1.807, 2.05) is 0 Å². The summed E-state index contributed by atoms with van der Waals surface area (Å²) in [5.74, 6) is 1.74. The molecular weight excluding hydrogens is 258 g/mol. The summed E-state index contributed by atoms with van der Waals surface area (Å²) in [6.07, 6.45) is 3.61. The summed E-state index contributed by atoms with van der Waals surface area (Å²) in [7, 11) is 0. The van der Waals surface area contributed by atoms with Gasteiger partial charge in [-0.1, -0.05) is 42.0 Å². The van der Waals surface area contributed by atoms with Gasteiger partial charge in [0.05, 0.1) is 0 Å². The van der Waals surface area contributed by atoms with Crippen LogP contribution in [-0.4, -0.2) is 0 Å². The number of fused-ring (bicyclic) bond motifs is 1. The third kappa shape index (κ3) is 2.44. The van der Waals surface area contributed by atoms with Crippen LogP contribution in [0.2, 0.25) is 0 Å². The van der Waals surface area contributed by atoms with Gasteiger partial charge in [0.15, 0.2) is 0 Å². The van der Waals surface area contributed by atoms with Crippen molar-refractivity contribution in [3.63, 3.8) is 0 Å². The Morgan fingerprint density at radius 3 is 2.43 bits per heavy atom. The maximum Gasteiger partial charge on any atom is 0.126 e. The monoisotopic (exact) mass is 279 g/mol. The van der Waals surface area contributed by atoms with Crippen molar-refractivity contribution in [1.29, 1.82) is 0 Å². The molecule has 1 fully saturated rings. The third-order valence-electron chi connectivity index (χ3n) is 4.66. The van der Waals surface area contributed by atoms with Crippen molar-refractivity contribution in [3.05, 3.63) is 64.7 Å². The molecule has 0 radical (unpaired) electrons. The van der Waals surface area contributed by atoms with Crippen molar-refractivity contribution < 1.29 is 4.74 Å². The fourth-order valence-corrected chi connectivity index (χ4v) is 3.23. The molecule has 2 nitrogen and oxygen atoms in total. The quantitative estimate of drug-likeness (QED) is 0.884. The molecule has 2 heteroatoms. The summed E-state index contributed by atoms with van der Waals surface area (Å²) in [4.78, 5) is 0. The summed E-state index contributed by atoms with van der Waals surface area (Å²) in [5, 5.41) is 0. The molecule has 0 saturated heterocycles. The largest absolute Gasteiger partial charge is 0.485 e. The van der Waals surface area contributed by atoms with Crippen LogP contribution in [0.1, 0.15) is 59.6 Å². The zero-order valence-corrected chi connectivity index (χ0v) is 12.4. The van der Waals surface area contributed by atoms with Crippen LogP contribution in [0.5, 0.6) is 5.75 Å². The minimum atomic E-state index is 0.0572. The molecule has 1 unspecified atom stereocenters. The third-order valence-corrected chi connectivity index (χ3v) is 4.66. The van der Waals surface area contributed by atoms with E-state index in [2.05, 4.69) is 49.4 Å². The van der Waals surface area contributed by atoms with Crippen LogP contribution in [0.15, 0.2) is 42.5 Å². The smallest absolute Gasteiger partial charge is 0.126 e. The van der Waals surface area contributed by atoms with Crippen LogP contribution in [0.4, 0.5) is 0 Å². The van der Waals surface area contributed by atoms with E-state index in [4.69, 9.17) is 10.5 Å². The minimum Gasteiger partial charge on any atom is -0.485 e. The molecule has 1 heterocycles. The average Bonchev–Trinajstić information content (AvgIpc) is 3.33. The number of hydrogen-bond acceptors (Lipinski definition) is 2. The van der Waals surface area contributed by atoms with E-state index in [1.54, 1.807) is 0 Å². The van der Waals surface area contributed by atoms with Crippen LogP contribution in [0.3, 0.4) is 0 Å². The molecule has 0 amide bonds. The van der Waals surface area contributed by atoms with E-state index in [0.717, 1.165) is 23.7 Å². The van der Waals surface area contributed by atoms with Crippen LogP contribution in [0.25, 0.3) is 0 Å². The van der Waals surface area contributed by atoms with Gasteiger partial charge in [-0.15, -0.1) is 0 Å². The highest BCUT2D eigenvalue weighted by molar-refractivity contribution is 5.42. The fourth-order valence-electron chi connectivity index (χ4n) is 3.23. The first-order valence-corrected chi connectivity index (χ1v) is 7.83. The lowest BCUT2D eigenvalue weighted by atomic mass is 9.92. The predicted octanol–water partition coefficient (Wildman–Crippen LogP) is 4.40. The highest BCUT2D eigenvalue weighted by Crippen LogP contribution is 2.42. The lowest BCUT2D eigenvalue weighted by Gasteiger charge is -2.31. The van der Waals surface area contributed by atoms with Crippen molar-refractivity contribution in [2.45, 2.75) is 44.2 Å². The molecule has 108 valence electrons. The van der Waals surface area contributed by atoms with Crippen LogP contribution in [0, 0.1) is 6.92 Å². The SMILES string of the molecule is Cc1ccc2c(c1)[C@@H](N)CC(c1ccc(C3CC3)cc1)O2. The second-order valence-corrected chi connectivity index (χ2v) is 6.43. The van der Waals surface area contributed by atoms with Crippen LogP contribution < -0.4 is 10.5 Å². The van der Waals surface area contributed by atoms with Crippen LogP contribution >= 0.6 is 0 Å². The number of ether oxygens (including phenoxy) is 1. The van der Waals surface area contributed by atoms with E-state index in [1.165, 1.54) is 29.5 Å². The number of hydrogen-bond donors (Lipinski definition) is 1. The second-order valence-electron chi connectivity index (χ2n) is 6.43. The first-order chi connectivity index (χ1) is 10.2. The Bertz CT molecular complexity index is 658. The van der Waals surface area contributed by atoms with Gasteiger partial charge in [0.25, 0.3) is 0 Å². The zero-order chi connectivity index (χ0) is 14.4. The Balaban J connectivity index is 1.60. The van der Waals surface area contributed by atoms with Gasteiger partial charge in [-0.05, 0) is 42.9 Å². The average molecular weight is 279 g/mol. The Morgan fingerprint density at radius 2 is 1.71 bits per heavy atom. The normalized spacial score (nSPS) is 24.3. The maximum atomic E-state index is 6.35. The number of benzene rings is 2. The van der Waals surface area contributed by atoms with Gasteiger partial charge in [0.2, 0.25) is 0 Å². The highest BCUT2D eigenvalue weighted by atomic mass is 16.5. The molecule has 2 aliphatic rings. The molecule has 2 aromatic carbocycles. The fraction of sp³-hybridized carbons (Fsp3) is 0.368. The first kappa shape index (κ1) is 12.9. The molecule has 4 rings (SSSR count). The van der Waals surface area contributed by atoms with Crippen molar-refractivity contribution in [3.8, 4) is 5.75 Å². The Morgan fingerprint density at radius 1 is 1.00 bits per heavy atom. The van der Waals surface area contributed by atoms with Gasteiger partial charge in [-0.2, -0.15) is 0 Å². The number of rotatable bonds is 2. The molecule has 0 spiro atoms. The molecule has 1 saturated carbocycles. The van der Waals surface area contributed by atoms with E-state index < -0.39 is 0 Å². The summed E-state index contributed by atoms with van der Waals surface area (Å²) in [6.45, 7) is 2.09. The number of aryl methyl sites for hydroxylation is 1.